The number of ketones is 1. The van der Waals surface area contributed by atoms with Gasteiger partial charge in [0.15, 0.2) is 5.78 Å². The van der Waals surface area contributed by atoms with E-state index < -0.39 is 0 Å². The monoisotopic (exact) mass is 530 g/mol. The molecule has 0 radical (unpaired) electrons. The zero-order valence-electron chi connectivity index (χ0n) is 22.1. The van der Waals surface area contributed by atoms with Gasteiger partial charge >= 0.3 is 0 Å². The van der Waals surface area contributed by atoms with Gasteiger partial charge in [-0.2, -0.15) is 0 Å². The summed E-state index contributed by atoms with van der Waals surface area (Å²) in [5.74, 6) is 1.92. The van der Waals surface area contributed by atoms with E-state index in [1.54, 1.807) is 21.6 Å². The number of allylic oxidation sites excluding steroid dienone is 9. The number of rotatable bonds is 13. The van der Waals surface area contributed by atoms with E-state index in [1.807, 2.05) is 12.1 Å². The smallest absolute Gasteiger partial charge is 0.189 e. The molecule has 2 nitrogen and oxygen atoms in total. The van der Waals surface area contributed by atoms with Gasteiger partial charge in [-0.25, -0.2) is 0 Å². The fourth-order valence-corrected chi connectivity index (χ4v) is 7.06. The van der Waals surface area contributed by atoms with Crippen molar-refractivity contribution >= 4 is 32.3 Å². The van der Waals surface area contributed by atoms with E-state index in [0.717, 1.165) is 82.8 Å². The van der Waals surface area contributed by atoms with Gasteiger partial charge in [-0.15, -0.1) is 0 Å². The Hall–Kier alpha value is -2.43. The summed E-state index contributed by atoms with van der Waals surface area (Å²) in [6.45, 7) is 14.4. The standard InChI is InChI=1S/C33H38O2S2/c1-23(35-28-20-18-27(19-21-28)32-22-24(2)36-37-32)14-10-8-6-5-7-9-11-16-30-26(4)25(3)29-15-12-13-17-31(29)33(30)34/h15,17-22H,1-3,5-14,16H2,4H3. The van der Waals surface area contributed by atoms with E-state index in [0.29, 0.717) is 0 Å². The predicted octanol–water partition coefficient (Wildman–Crippen LogP) is 10.4. The molecule has 1 aromatic carbocycles. The summed E-state index contributed by atoms with van der Waals surface area (Å²) in [6.07, 6.45) is 18.4. The Bertz CT molecular complexity index is 1190. The van der Waals surface area contributed by atoms with Gasteiger partial charge in [0.05, 0.1) is 5.76 Å². The summed E-state index contributed by atoms with van der Waals surface area (Å²) in [6, 6.07) is 8.23. The molecule has 0 fully saturated rings. The van der Waals surface area contributed by atoms with Gasteiger partial charge in [0.25, 0.3) is 0 Å². The summed E-state index contributed by atoms with van der Waals surface area (Å²) in [4.78, 5) is 15.3. The average molecular weight is 531 g/mol. The third-order valence-electron chi connectivity index (χ3n) is 7.22. The molecule has 0 aromatic heterocycles. The largest absolute Gasteiger partial charge is 0.462 e. The topological polar surface area (TPSA) is 26.3 Å². The van der Waals surface area contributed by atoms with Crippen LogP contribution in [0.4, 0.5) is 0 Å². The number of ether oxygens (including phenoxy) is 1. The van der Waals surface area contributed by atoms with Gasteiger partial charge < -0.3 is 4.74 Å². The first-order valence-corrected chi connectivity index (χ1v) is 15.6. The molecule has 1 heterocycles. The van der Waals surface area contributed by atoms with Gasteiger partial charge in [-0.05, 0) is 79.5 Å². The second-order valence-corrected chi connectivity index (χ2v) is 12.3. The van der Waals surface area contributed by atoms with Crippen molar-refractivity contribution < 1.29 is 9.53 Å². The maximum absolute atomic E-state index is 13.0. The van der Waals surface area contributed by atoms with Crippen LogP contribution in [0.15, 0.2) is 101 Å². The van der Waals surface area contributed by atoms with E-state index in [4.69, 9.17) is 4.74 Å². The normalized spacial score (nSPS) is 17.4. The lowest BCUT2D eigenvalue weighted by Crippen LogP contribution is -2.19. The number of hydrogen-bond donors (Lipinski definition) is 0. The fourth-order valence-electron chi connectivity index (χ4n) is 5.03. The van der Waals surface area contributed by atoms with Crippen molar-refractivity contribution in [3.05, 3.63) is 106 Å². The van der Waals surface area contributed by atoms with Crippen molar-refractivity contribution in [3.63, 3.8) is 0 Å². The number of fused-ring (bicyclic) bond motifs is 1. The molecule has 0 saturated carbocycles. The van der Waals surface area contributed by atoms with Crippen molar-refractivity contribution in [2.24, 2.45) is 0 Å². The highest BCUT2D eigenvalue weighted by Gasteiger charge is 2.29. The zero-order chi connectivity index (χ0) is 26.2. The number of Topliss-reactive ketones (excluding diaryl/α,β-unsaturated/α-hetero) is 1. The second-order valence-electron chi connectivity index (χ2n) is 10.0. The van der Waals surface area contributed by atoms with Crippen LogP contribution in [0.3, 0.4) is 0 Å². The summed E-state index contributed by atoms with van der Waals surface area (Å²) < 4.78 is 5.94. The van der Waals surface area contributed by atoms with Crippen LogP contribution in [0.1, 0.15) is 83.1 Å². The zero-order valence-corrected chi connectivity index (χ0v) is 23.7. The molecule has 2 aliphatic carbocycles. The molecule has 37 heavy (non-hydrogen) atoms. The minimum absolute atomic E-state index is 0.241. The van der Waals surface area contributed by atoms with Gasteiger partial charge in [0, 0.05) is 27.4 Å². The van der Waals surface area contributed by atoms with Crippen LogP contribution in [0.2, 0.25) is 0 Å². The lowest BCUT2D eigenvalue weighted by Gasteiger charge is -2.26. The molecule has 194 valence electrons. The molecule has 1 aromatic rings. The van der Waals surface area contributed by atoms with Crippen LogP contribution in [0, 0.1) is 0 Å². The average Bonchev–Trinajstić information content (AvgIpc) is 3.34. The first-order valence-electron chi connectivity index (χ1n) is 13.5. The van der Waals surface area contributed by atoms with E-state index in [9.17, 15) is 4.79 Å². The highest BCUT2D eigenvalue weighted by Crippen LogP contribution is 2.48. The summed E-state index contributed by atoms with van der Waals surface area (Å²) >= 11 is 0. The Morgan fingerprint density at radius 3 is 2.22 bits per heavy atom. The molecule has 1 aliphatic heterocycles. The van der Waals surface area contributed by atoms with Crippen molar-refractivity contribution in [1.82, 2.24) is 0 Å². The van der Waals surface area contributed by atoms with Crippen LogP contribution in [-0.2, 0) is 4.79 Å². The van der Waals surface area contributed by atoms with Crippen LogP contribution in [0.25, 0.3) is 4.91 Å². The Morgan fingerprint density at radius 1 is 0.892 bits per heavy atom. The molecule has 0 atom stereocenters. The highest BCUT2D eigenvalue weighted by molar-refractivity contribution is 8.82. The maximum Gasteiger partial charge on any atom is 0.189 e. The lowest BCUT2D eigenvalue weighted by atomic mass is 9.76. The van der Waals surface area contributed by atoms with Crippen LogP contribution in [0.5, 0.6) is 5.75 Å². The van der Waals surface area contributed by atoms with E-state index in [1.165, 1.54) is 42.6 Å². The summed E-state index contributed by atoms with van der Waals surface area (Å²) in [7, 11) is 3.46. The number of unbranched alkanes of at least 4 members (excludes halogenated alkanes) is 6. The third kappa shape index (κ3) is 7.33. The second kappa shape index (κ2) is 13.4. The summed E-state index contributed by atoms with van der Waals surface area (Å²) in [5, 5.41) is 0. The molecule has 0 spiro atoms. The maximum atomic E-state index is 13.0. The molecular weight excluding hydrogens is 492 g/mol. The Balaban J connectivity index is 1.07. The van der Waals surface area contributed by atoms with E-state index >= 15 is 0 Å². The minimum Gasteiger partial charge on any atom is -0.462 e. The van der Waals surface area contributed by atoms with Gasteiger partial charge in [-0.3, -0.25) is 4.79 Å². The van der Waals surface area contributed by atoms with Crippen LogP contribution in [-0.4, -0.2) is 5.78 Å². The van der Waals surface area contributed by atoms with Crippen molar-refractivity contribution in [1.29, 1.82) is 0 Å². The Kier molecular flexibility index (Phi) is 9.99. The van der Waals surface area contributed by atoms with Crippen molar-refractivity contribution in [2.45, 2.75) is 77.6 Å². The number of benzene rings is 1. The van der Waals surface area contributed by atoms with Crippen LogP contribution < -0.4 is 4.74 Å². The molecule has 0 unspecified atom stereocenters. The molecule has 4 heteroatoms. The third-order valence-corrected chi connectivity index (χ3v) is 9.60. The van der Waals surface area contributed by atoms with Crippen molar-refractivity contribution in [3.8, 4) is 5.75 Å². The SMILES string of the molecule is C=C(CCCCCCCCCC1=C(C)C(=C)C2=CCCC=C2C1=O)Oc1ccc(C2=CC(=C)SS2)cc1. The van der Waals surface area contributed by atoms with E-state index in [-0.39, 0.29) is 5.78 Å². The first-order chi connectivity index (χ1) is 17.9. The van der Waals surface area contributed by atoms with Gasteiger partial charge in [0.1, 0.15) is 5.75 Å². The molecule has 0 amide bonds. The van der Waals surface area contributed by atoms with Crippen LogP contribution >= 0.6 is 21.6 Å². The lowest BCUT2D eigenvalue weighted by molar-refractivity contribution is -0.112. The molecule has 3 aliphatic rings. The van der Waals surface area contributed by atoms with Gasteiger partial charge in [0.2, 0.25) is 0 Å². The quantitative estimate of drug-likeness (QED) is 0.144. The minimum atomic E-state index is 0.241. The Labute approximate surface area is 230 Å². The van der Waals surface area contributed by atoms with Crippen molar-refractivity contribution in [2.75, 3.05) is 0 Å². The predicted molar refractivity (Wildman–Crippen MR) is 162 cm³/mol. The molecule has 0 N–H and O–H groups in total. The van der Waals surface area contributed by atoms with E-state index in [2.05, 4.69) is 57.0 Å². The van der Waals surface area contributed by atoms with Gasteiger partial charge in [-0.1, -0.05) is 97.7 Å². The molecule has 0 bridgehead atoms. The highest BCUT2D eigenvalue weighted by atomic mass is 33.1. The molecule has 0 saturated heterocycles. The first kappa shape index (κ1) is 27.6. The number of carbonyl (C=O) groups is 1. The number of carbonyl (C=O) groups excluding carboxylic acids is 1. The summed E-state index contributed by atoms with van der Waals surface area (Å²) in [5.41, 5.74) is 6.31. The molecular formula is C33H38O2S2. The fraction of sp³-hybridized carbons (Fsp3) is 0.364. The number of hydrogen-bond acceptors (Lipinski definition) is 4. The molecule has 4 rings (SSSR count). The Morgan fingerprint density at radius 2 is 1.54 bits per heavy atom.